The molecule has 2 aliphatic heterocycles. The molecule has 0 saturated heterocycles. The summed E-state index contributed by atoms with van der Waals surface area (Å²) >= 11 is 0. The molecule has 3 aliphatic rings. The van der Waals surface area contributed by atoms with Crippen molar-refractivity contribution in [2.75, 3.05) is 10.2 Å². The highest BCUT2D eigenvalue weighted by Crippen LogP contribution is 2.66. The van der Waals surface area contributed by atoms with Crippen molar-refractivity contribution in [2.45, 2.75) is 11.6 Å². The van der Waals surface area contributed by atoms with Gasteiger partial charge in [-0.3, -0.25) is 0 Å². The van der Waals surface area contributed by atoms with Gasteiger partial charge in [0.15, 0.2) is 5.82 Å². The molecule has 12 rings (SSSR count). The van der Waals surface area contributed by atoms with E-state index in [-0.39, 0.29) is 6.17 Å². The van der Waals surface area contributed by atoms with Crippen LogP contribution in [0.2, 0.25) is 0 Å². The van der Waals surface area contributed by atoms with E-state index in [9.17, 15) is 0 Å². The van der Waals surface area contributed by atoms with Crippen LogP contribution < -0.4 is 10.2 Å². The van der Waals surface area contributed by atoms with Gasteiger partial charge in [-0.15, -0.1) is 0 Å². The van der Waals surface area contributed by atoms with Crippen LogP contribution >= 0.6 is 0 Å². The van der Waals surface area contributed by atoms with Crippen LogP contribution in [0.15, 0.2) is 206 Å². The van der Waals surface area contributed by atoms with Crippen LogP contribution in [0, 0.1) is 0 Å². The second kappa shape index (κ2) is 12.7. The van der Waals surface area contributed by atoms with Crippen LogP contribution in [0.25, 0.3) is 56.2 Å². The van der Waals surface area contributed by atoms with E-state index < -0.39 is 5.41 Å². The Kier molecular flexibility index (Phi) is 7.17. The number of hydrogen-bond acceptors (Lipinski definition) is 4. The van der Waals surface area contributed by atoms with Gasteiger partial charge in [0.25, 0.3) is 0 Å². The minimum atomic E-state index is -0.525. The van der Waals surface area contributed by atoms with Crippen molar-refractivity contribution < 1.29 is 0 Å². The fourth-order valence-electron chi connectivity index (χ4n) is 9.90. The van der Waals surface area contributed by atoms with Crippen molar-refractivity contribution in [3.05, 3.63) is 234 Å². The monoisotopic (exact) mass is 740 g/mol. The van der Waals surface area contributed by atoms with Gasteiger partial charge in [0.2, 0.25) is 0 Å². The largest absolute Gasteiger partial charge is 0.359 e. The molecular weight excluding hydrogens is 705 g/mol. The molecular formula is C54H36N4. The Morgan fingerprint density at radius 2 is 0.983 bits per heavy atom. The Hall–Kier alpha value is -7.56. The number of nitrogens with zero attached hydrogens (tertiary/aromatic N) is 3. The van der Waals surface area contributed by atoms with Gasteiger partial charge >= 0.3 is 0 Å². The molecule has 9 aromatic rings. The summed E-state index contributed by atoms with van der Waals surface area (Å²) in [5, 5.41) is 3.93. The normalized spacial score (nSPS) is 16.6. The molecule has 3 heterocycles. The van der Waals surface area contributed by atoms with E-state index in [0.29, 0.717) is 5.82 Å². The Labute approximate surface area is 337 Å². The Balaban J connectivity index is 1.07. The number of hydrogen-bond donors (Lipinski definition) is 1. The summed E-state index contributed by atoms with van der Waals surface area (Å²) in [4.78, 5) is 12.9. The zero-order chi connectivity index (χ0) is 38.2. The summed E-state index contributed by atoms with van der Waals surface area (Å²) in [7, 11) is 0. The molecule has 0 amide bonds. The maximum Gasteiger partial charge on any atom is 0.160 e. The Morgan fingerprint density at radius 1 is 0.431 bits per heavy atom. The van der Waals surface area contributed by atoms with Gasteiger partial charge in [-0.1, -0.05) is 182 Å². The number of anilines is 3. The third-order valence-corrected chi connectivity index (χ3v) is 12.3. The average Bonchev–Trinajstić information content (AvgIpc) is 3.84. The van der Waals surface area contributed by atoms with E-state index in [1.165, 1.54) is 55.9 Å². The molecule has 1 aromatic heterocycles. The Morgan fingerprint density at radius 3 is 1.74 bits per heavy atom. The molecule has 0 radical (unpaired) electrons. The van der Waals surface area contributed by atoms with E-state index in [1.54, 1.807) is 0 Å². The molecule has 0 bridgehead atoms. The third kappa shape index (κ3) is 4.69. The van der Waals surface area contributed by atoms with Gasteiger partial charge in [-0.2, -0.15) is 0 Å². The predicted molar refractivity (Wildman–Crippen MR) is 236 cm³/mol. The predicted octanol–water partition coefficient (Wildman–Crippen LogP) is 13.1. The summed E-state index contributed by atoms with van der Waals surface area (Å²) in [6.45, 7) is 0. The van der Waals surface area contributed by atoms with Crippen molar-refractivity contribution in [1.82, 2.24) is 9.97 Å². The molecule has 0 saturated carbocycles. The van der Waals surface area contributed by atoms with Crippen LogP contribution in [-0.4, -0.2) is 9.97 Å². The average molecular weight is 741 g/mol. The SMILES string of the molecule is c1ccc(-c2cc(-c3ccccc3)nc(-c3cccc(-c4cccc5c4-c4ccccc4C54c5ccccc5N5c6c(cccc64)NC5c4ccccc4)c3)n2)cc1. The smallest absolute Gasteiger partial charge is 0.160 e. The van der Waals surface area contributed by atoms with E-state index in [4.69, 9.17) is 9.97 Å². The molecule has 8 aromatic carbocycles. The number of nitrogens with one attached hydrogen (secondary N) is 1. The molecule has 2 atom stereocenters. The molecule has 272 valence electrons. The molecule has 4 nitrogen and oxygen atoms in total. The first-order chi connectivity index (χ1) is 28.8. The third-order valence-electron chi connectivity index (χ3n) is 12.3. The van der Waals surface area contributed by atoms with Crippen LogP contribution in [0.5, 0.6) is 0 Å². The van der Waals surface area contributed by atoms with Crippen molar-refractivity contribution in [3.8, 4) is 56.2 Å². The van der Waals surface area contributed by atoms with Crippen molar-refractivity contribution in [3.63, 3.8) is 0 Å². The van der Waals surface area contributed by atoms with E-state index in [1.807, 2.05) is 12.1 Å². The zero-order valence-electron chi connectivity index (χ0n) is 31.5. The summed E-state index contributed by atoms with van der Waals surface area (Å²) in [5.74, 6) is 0.702. The first-order valence-electron chi connectivity index (χ1n) is 20.0. The van der Waals surface area contributed by atoms with Crippen LogP contribution in [-0.2, 0) is 5.41 Å². The lowest BCUT2D eigenvalue weighted by Crippen LogP contribution is -2.37. The summed E-state index contributed by atoms with van der Waals surface area (Å²) in [6.07, 6.45) is -0.0222. The Bertz CT molecular complexity index is 2990. The highest BCUT2D eigenvalue weighted by molar-refractivity contribution is 6.02. The summed E-state index contributed by atoms with van der Waals surface area (Å²) in [6, 6.07) is 74.3. The molecule has 0 fully saturated rings. The lowest BCUT2D eigenvalue weighted by Gasteiger charge is -2.44. The van der Waals surface area contributed by atoms with Gasteiger partial charge in [-0.05, 0) is 74.3 Å². The van der Waals surface area contributed by atoms with Gasteiger partial charge in [-0.25, -0.2) is 9.97 Å². The number of benzene rings is 8. The van der Waals surface area contributed by atoms with Crippen molar-refractivity contribution in [2.24, 2.45) is 0 Å². The molecule has 1 N–H and O–H groups in total. The minimum absolute atomic E-state index is 0.0222. The molecule has 58 heavy (non-hydrogen) atoms. The maximum atomic E-state index is 5.19. The molecule has 4 heteroatoms. The fraction of sp³-hybridized carbons (Fsp3) is 0.0370. The number of aromatic nitrogens is 2. The number of rotatable bonds is 5. The second-order valence-corrected chi connectivity index (χ2v) is 15.3. The van der Waals surface area contributed by atoms with Gasteiger partial charge in [0, 0.05) is 22.4 Å². The van der Waals surface area contributed by atoms with Crippen molar-refractivity contribution >= 4 is 17.1 Å². The first-order valence-corrected chi connectivity index (χ1v) is 20.0. The molecule has 1 aliphatic carbocycles. The van der Waals surface area contributed by atoms with Gasteiger partial charge in [0.1, 0.15) is 6.17 Å². The van der Waals surface area contributed by atoms with E-state index in [2.05, 4.69) is 204 Å². The lowest BCUT2D eigenvalue weighted by atomic mass is 9.64. The molecule has 1 spiro atoms. The van der Waals surface area contributed by atoms with Crippen LogP contribution in [0.4, 0.5) is 17.1 Å². The summed E-state index contributed by atoms with van der Waals surface area (Å²) < 4.78 is 0. The fourth-order valence-corrected chi connectivity index (χ4v) is 9.90. The second-order valence-electron chi connectivity index (χ2n) is 15.3. The zero-order valence-corrected chi connectivity index (χ0v) is 31.5. The summed E-state index contributed by atoms with van der Waals surface area (Å²) in [5.41, 5.74) is 19.3. The first kappa shape index (κ1) is 32.7. The molecule has 2 unspecified atom stereocenters. The lowest BCUT2D eigenvalue weighted by molar-refractivity contribution is 0.720. The number of fused-ring (bicyclic) bond motifs is 9. The van der Waals surface area contributed by atoms with E-state index >= 15 is 0 Å². The highest BCUT2D eigenvalue weighted by Gasteiger charge is 2.54. The van der Waals surface area contributed by atoms with E-state index in [0.717, 1.165) is 39.3 Å². The van der Waals surface area contributed by atoms with Crippen LogP contribution in [0.1, 0.15) is 34.0 Å². The van der Waals surface area contributed by atoms with Crippen molar-refractivity contribution in [1.29, 1.82) is 0 Å². The quantitative estimate of drug-likeness (QED) is 0.191. The van der Waals surface area contributed by atoms with Gasteiger partial charge < -0.3 is 10.2 Å². The van der Waals surface area contributed by atoms with Gasteiger partial charge in [0.05, 0.1) is 28.2 Å². The maximum absolute atomic E-state index is 5.19. The minimum Gasteiger partial charge on any atom is -0.359 e. The highest BCUT2D eigenvalue weighted by atomic mass is 15.3. The standard InChI is InChI=1S/C54H36N4/c1-4-17-35(18-5-1)47-34-48(36-19-6-2-7-20-36)56-52(55-47)39-24-14-23-38(33-39)40-26-15-29-44-50(40)41-25-10-11-27-42(41)54(44)43-28-12-13-32-49(43)58-51-45(54)30-16-31-46(51)57-53(58)37-21-8-3-9-22-37/h1-34,53,57H. The topological polar surface area (TPSA) is 41.1 Å². The van der Waals surface area contributed by atoms with Crippen LogP contribution in [0.3, 0.4) is 0 Å². The number of para-hydroxylation sites is 2.